The third-order valence-electron chi connectivity index (χ3n) is 5.52. The van der Waals surface area contributed by atoms with E-state index in [-0.39, 0.29) is 12.6 Å². The van der Waals surface area contributed by atoms with Crippen LogP contribution >= 0.6 is 0 Å². The molecule has 5 nitrogen and oxygen atoms in total. The summed E-state index contributed by atoms with van der Waals surface area (Å²) in [6.07, 6.45) is 16.3. The highest BCUT2D eigenvalue weighted by Gasteiger charge is 2.47. The molecule has 1 aromatic rings. The average molecular weight is 388 g/mol. The lowest BCUT2D eigenvalue weighted by Gasteiger charge is -2.40. The van der Waals surface area contributed by atoms with E-state index in [0.717, 1.165) is 24.0 Å². The molecule has 4 amide bonds. The number of benzene rings is 1. The minimum absolute atomic E-state index is 0.204. The Morgan fingerprint density at radius 2 is 1.76 bits per heavy atom. The Morgan fingerprint density at radius 3 is 2.45 bits per heavy atom. The number of nitrogens with zero attached hydrogens (tertiary/aromatic N) is 2. The van der Waals surface area contributed by atoms with Crippen LogP contribution < -0.4 is 0 Å². The van der Waals surface area contributed by atoms with Crippen LogP contribution in [0.25, 0.3) is 0 Å². The van der Waals surface area contributed by atoms with Crippen molar-refractivity contribution in [3.8, 4) is 0 Å². The first-order chi connectivity index (χ1) is 14.1. The molecule has 1 aromatic carbocycles. The standard InChI is InChI=1S/C24H24N2O3/c27-22-21(16-18-10-4-1-5-11-18)23(28)26(20-14-8-3-9-15-20)24(29)25(22)17-19-12-6-2-7-13-19/h1,3-6,8-14,20-21H,2,7,15-17H2. The van der Waals surface area contributed by atoms with E-state index in [9.17, 15) is 14.4 Å². The predicted molar refractivity (Wildman–Crippen MR) is 111 cm³/mol. The Morgan fingerprint density at radius 1 is 0.931 bits per heavy atom. The topological polar surface area (TPSA) is 57.7 Å². The van der Waals surface area contributed by atoms with Gasteiger partial charge in [-0.15, -0.1) is 0 Å². The normalized spacial score (nSPS) is 24.3. The van der Waals surface area contributed by atoms with E-state index in [0.29, 0.717) is 12.8 Å². The second kappa shape index (κ2) is 8.43. The van der Waals surface area contributed by atoms with Crippen molar-refractivity contribution in [2.75, 3.05) is 6.54 Å². The molecule has 0 N–H and O–H groups in total. The second-order valence-electron chi connectivity index (χ2n) is 7.53. The maximum absolute atomic E-state index is 13.3. The maximum Gasteiger partial charge on any atom is 0.334 e. The highest BCUT2D eigenvalue weighted by atomic mass is 16.2. The summed E-state index contributed by atoms with van der Waals surface area (Å²) in [5.74, 6) is -1.70. The van der Waals surface area contributed by atoms with Gasteiger partial charge in [0.05, 0.1) is 12.6 Å². The van der Waals surface area contributed by atoms with Gasteiger partial charge in [0.15, 0.2) is 0 Å². The molecule has 1 saturated heterocycles. The van der Waals surface area contributed by atoms with Crippen molar-refractivity contribution >= 4 is 17.8 Å². The summed E-state index contributed by atoms with van der Waals surface area (Å²) in [7, 11) is 0. The van der Waals surface area contributed by atoms with Crippen molar-refractivity contribution in [2.45, 2.75) is 31.7 Å². The number of barbiturate groups is 1. The molecule has 0 bridgehead atoms. The molecular weight excluding hydrogens is 364 g/mol. The van der Waals surface area contributed by atoms with Crippen LogP contribution in [0.2, 0.25) is 0 Å². The van der Waals surface area contributed by atoms with Crippen molar-refractivity contribution in [2.24, 2.45) is 5.92 Å². The number of carbonyl (C=O) groups excluding carboxylic acids is 3. The third-order valence-corrected chi connectivity index (χ3v) is 5.52. The lowest BCUT2D eigenvalue weighted by Crippen LogP contribution is -2.62. The third kappa shape index (κ3) is 3.99. The zero-order valence-corrected chi connectivity index (χ0v) is 16.2. The number of amides is 4. The smallest absolute Gasteiger partial charge is 0.273 e. The van der Waals surface area contributed by atoms with Gasteiger partial charge in [0.25, 0.3) is 0 Å². The maximum atomic E-state index is 13.3. The first kappa shape index (κ1) is 19.1. The van der Waals surface area contributed by atoms with Crippen LogP contribution in [0.1, 0.15) is 24.8 Å². The summed E-state index contributed by atoms with van der Waals surface area (Å²) < 4.78 is 0. The highest BCUT2D eigenvalue weighted by molar-refractivity contribution is 6.16. The minimum atomic E-state index is -0.887. The minimum Gasteiger partial charge on any atom is -0.273 e. The van der Waals surface area contributed by atoms with Crippen molar-refractivity contribution < 1.29 is 14.4 Å². The van der Waals surface area contributed by atoms with Crippen LogP contribution in [0.3, 0.4) is 0 Å². The van der Waals surface area contributed by atoms with Gasteiger partial charge in [-0.25, -0.2) is 4.79 Å². The van der Waals surface area contributed by atoms with Crippen molar-refractivity contribution in [1.29, 1.82) is 0 Å². The Hall–Kier alpha value is -3.21. The Labute approximate surface area is 170 Å². The first-order valence-corrected chi connectivity index (χ1v) is 10.1. The summed E-state index contributed by atoms with van der Waals surface area (Å²) in [5, 5.41) is 0. The van der Waals surface area contributed by atoms with E-state index in [1.807, 2.05) is 66.8 Å². The van der Waals surface area contributed by atoms with Gasteiger partial charge >= 0.3 is 6.03 Å². The van der Waals surface area contributed by atoms with Crippen molar-refractivity contribution in [1.82, 2.24) is 9.80 Å². The number of hydrogen-bond donors (Lipinski definition) is 0. The number of rotatable bonds is 5. The molecule has 0 aromatic heterocycles. The average Bonchev–Trinajstić information content (AvgIpc) is 2.77. The van der Waals surface area contributed by atoms with Crippen LogP contribution in [0, 0.1) is 5.92 Å². The van der Waals surface area contributed by atoms with Crippen LogP contribution in [0.4, 0.5) is 4.79 Å². The van der Waals surface area contributed by atoms with Crippen LogP contribution in [-0.4, -0.2) is 40.2 Å². The zero-order chi connectivity index (χ0) is 20.2. The fourth-order valence-electron chi connectivity index (χ4n) is 3.98. The summed E-state index contributed by atoms with van der Waals surface area (Å²) in [6.45, 7) is 0.204. The Bertz CT molecular complexity index is 927. The van der Waals surface area contributed by atoms with Gasteiger partial charge in [0.1, 0.15) is 5.92 Å². The summed E-state index contributed by atoms with van der Waals surface area (Å²) >= 11 is 0. The Balaban J connectivity index is 1.65. The van der Waals surface area contributed by atoms with Gasteiger partial charge in [-0.1, -0.05) is 72.9 Å². The monoisotopic (exact) mass is 388 g/mol. The van der Waals surface area contributed by atoms with Crippen LogP contribution in [0.15, 0.2) is 78.4 Å². The van der Waals surface area contributed by atoms with Crippen LogP contribution in [-0.2, 0) is 16.0 Å². The highest BCUT2D eigenvalue weighted by Crippen LogP contribution is 2.27. The van der Waals surface area contributed by atoms with Gasteiger partial charge in [-0.05, 0) is 36.8 Å². The molecule has 2 aliphatic carbocycles. The number of allylic oxidation sites excluding steroid dienone is 4. The quantitative estimate of drug-likeness (QED) is 0.721. The number of imide groups is 2. The molecule has 1 fully saturated rings. The van der Waals surface area contributed by atoms with Gasteiger partial charge in [-0.3, -0.25) is 19.4 Å². The fraction of sp³-hybridized carbons (Fsp3) is 0.292. The molecule has 2 unspecified atom stereocenters. The van der Waals surface area contributed by atoms with Crippen molar-refractivity contribution in [3.05, 3.63) is 84.0 Å². The molecule has 0 radical (unpaired) electrons. The van der Waals surface area contributed by atoms with Gasteiger partial charge in [0, 0.05) is 0 Å². The fourth-order valence-corrected chi connectivity index (χ4v) is 3.98. The predicted octanol–water partition coefficient (Wildman–Crippen LogP) is 3.80. The molecule has 4 rings (SSSR count). The van der Waals surface area contributed by atoms with Crippen LogP contribution in [0.5, 0.6) is 0 Å². The Kier molecular flexibility index (Phi) is 5.56. The van der Waals surface area contributed by atoms with Crippen molar-refractivity contribution in [3.63, 3.8) is 0 Å². The molecule has 5 heteroatoms. The summed E-state index contributed by atoms with van der Waals surface area (Å²) in [5.41, 5.74) is 1.84. The number of carbonyl (C=O) groups is 3. The molecule has 0 spiro atoms. The molecule has 2 atom stereocenters. The lowest BCUT2D eigenvalue weighted by molar-refractivity contribution is -0.149. The molecule has 0 saturated carbocycles. The molecule has 3 aliphatic rings. The molecular formula is C24H24N2O3. The number of hydrogen-bond acceptors (Lipinski definition) is 3. The first-order valence-electron chi connectivity index (χ1n) is 10.1. The van der Waals surface area contributed by atoms with Gasteiger partial charge in [0.2, 0.25) is 11.8 Å². The molecule has 1 aliphatic heterocycles. The molecule has 1 heterocycles. The van der Waals surface area contributed by atoms with Gasteiger partial charge < -0.3 is 0 Å². The molecule has 29 heavy (non-hydrogen) atoms. The van der Waals surface area contributed by atoms with Gasteiger partial charge in [-0.2, -0.15) is 0 Å². The van der Waals surface area contributed by atoms with E-state index < -0.39 is 23.8 Å². The summed E-state index contributed by atoms with van der Waals surface area (Å²) in [4.78, 5) is 42.2. The van der Waals surface area contributed by atoms with E-state index in [1.165, 1.54) is 9.80 Å². The lowest BCUT2D eigenvalue weighted by atomic mass is 9.92. The number of urea groups is 1. The SMILES string of the molecule is O=C1C(Cc2ccccc2)C(=O)N(C2C=CC=CC2)C(=O)N1CC1=CCCC=C1. The zero-order valence-electron chi connectivity index (χ0n) is 16.2. The van der Waals surface area contributed by atoms with E-state index in [4.69, 9.17) is 0 Å². The van der Waals surface area contributed by atoms with E-state index in [2.05, 4.69) is 6.08 Å². The second-order valence-corrected chi connectivity index (χ2v) is 7.53. The van der Waals surface area contributed by atoms with E-state index in [1.54, 1.807) is 0 Å². The van der Waals surface area contributed by atoms with E-state index >= 15 is 0 Å². The largest absolute Gasteiger partial charge is 0.334 e. The molecule has 148 valence electrons. The summed E-state index contributed by atoms with van der Waals surface area (Å²) in [6, 6.07) is 8.61.